The maximum Gasteiger partial charge on any atom is 0.227 e. The molecule has 33 heavy (non-hydrogen) atoms. The highest BCUT2D eigenvalue weighted by Crippen LogP contribution is 2.26. The van der Waals surface area contributed by atoms with E-state index in [0.717, 1.165) is 58.7 Å². The number of hydrogen-bond acceptors (Lipinski definition) is 5. The van der Waals surface area contributed by atoms with E-state index in [1.54, 1.807) is 7.11 Å². The molecule has 3 aromatic rings. The van der Waals surface area contributed by atoms with Gasteiger partial charge in [0.05, 0.1) is 13.5 Å². The molecular weight excluding hydrogens is 436 g/mol. The van der Waals surface area contributed by atoms with Gasteiger partial charge in [0.2, 0.25) is 5.91 Å². The lowest BCUT2D eigenvalue weighted by molar-refractivity contribution is -0.130. The van der Waals surface area contributed by atoms with Crippen LogP contribution in [0.5, 0.6) is 5.75 Å². The van der Waals surface area contributed by atoms with Crippen LogP contribution >= 0.6 is 11.6 Å². The van der Waals surface area contributed by atoms with E-state index in [-0.39, 0.29) is 5.91 Å². The second-order valence-corrected chi connectivity index (χ2v) is 8.79. The third kappa shape index (κ3) is 5.63. The number of halogens is 1. The van der Waals surface area contributed by atoms with Crippen LogP contribution in [-0.2, 0) is 17.6 Å². The third-order valence-electron chi connectivity index (χ3n) is 6.04. The summed E-state index contributed by atoms with van der Waals surface area (Å²) in [5, 5.41) is 0.728. The minimum absolute atomic E-state index is 0.149. The zero-order chi connectivity index (χ0) is 23.4. The number of benzene rings is 2. The molecule has 6 nitrogen and oxygen atoms in total. The summed E-state index contributed by atoms with van der Waals surface area (Å²) in [4.78, 5) is 26.5. The van der Waals surface area contributed by atoms with Crippen molar-refractivity contribution in [2.45, 2.75) is 26.7 Å². The van der Waals surface area contributed by atoms with E-state index >= 15 is 0 Å². The van der Waals surface area contributed by atoms with Crippen molar-refractivity contribution in [1.82, 2.24) is 14.9 Å². The van der Waals surface area contributed by atoms with Crippen molar-refractivity contribution in [1.29, 1.82) is 0 Å². The number of hydrogen-bond donors (Lipinski definition) is 0. The first-order valence-corrected chi connectivity index (χ1v) is 11.5. The molecule has 1 aliphatic heterocycles. The van der Waals surface area contributed by atoms with E-state index in [9.17, 15) is 4.79 Å². The Morgan fingerprint density at radius 2 is 1.58 bits per heavy atom. The standard InChI is InChI=1S/C26H29ClN4O2/c1-18-24(16-20-4-8-22(27)9-5-20)26(29-19(2)28-18)31-14-12-30(13-15-31)25(32)17-21-6-10-23(33-3)11-7-21/h4-11H,12-17H2,1-3H3. The lowest BCUT2D eigenvalue weighted by Gasteiger charge is -2.36. The highest BCUT2D eigenvalue weighted by molar-refractivity contribution is 6.30. The molecule has 0 unspecified atom stereocenters. The number of nitrogens with zero attached hydrogens (tertiary/aromatic N) is 4. The van der Waals surface area contributed by atoms with Crippen molar-refractivity contribution in [2.75, 3.05) is 38.2 Å². The van der Waals surface area contributed by atoms with Crippen molar-refractivity contribution in [2.24, 2.45) is 0 Å². The molecule has 1 aromatic heterocycles. The fourth-order valence-corrected chi connectivity index (χ4v) is 4.32. The number of methoxy groups -OCH3 is 1. The van der Waals surface area contributed by atoms with Crippen molar-refractivity contribution in [3.05, 3.63) is 81.8 Å². The number of aromatic nitrogens is 2. The molecule has 0 spiro atoms. The molecule has 2 heterocycles. The van der Waals surface area contributed by atoms with Gasteiger partial charge in [0.25, 0.3) is 0 Å². The van der Waals surface area contributed by atoms with Crippen LogP contribution in [0.1, 0.15) is 28.2 Å². The predicted molar refractivity (Wildman–Crippen MR) is 131 cm³/mol. The maximum absolute atomic E-state index is 12.8. The lowest BCUT2D eigenvalue weighted by Crippen LogP contribution is -2.49. The smallest absolute Gasteiger partial charge is 0.227 e. The molecule has 172 valence electrons. The monoisotopic (exact) mass is 464 g/mol. The quantitative estimate of drug-likeness (QED) is 0.546. The van der Waals surface area contributed by atoms with E-state index < -0.39 is 0 Å². The second-order valence-electron chi connectivity index (χ2n) is 8.35. The summed E-state index contributed by atoms with van der Waals surface area (Å²) in [6.45, 7) is 6.82. The molecule has 1 fully saturated rings. The fraction of sp³-hybridized carbons (Fsp3) is 0.346. The molecule has 1 amide bonds. The van der Waals surface area contributed by atoms with E-state index in [4.69, 9.17) is 21.3 Å². The number of carbonyl (C=O) groups excluding carboxylic acids is 1. The second kappa shape index (κ2) is 10.2. The first kappa shape index (κ1) is 23.1. The van der Waals surface area contributed by atoms with Crippen LogP contribution < -0.4 is 9.64 Å². The van der Waals surface area contributed by atoms with Crippen molar-refractivity contribution < 1.29 is 9.53 Å². The van der Waals surface area contributed by atoms with Gasteiger partial charge in [-0.05, 0) is 49.2 Å². The molecule has 1 saturated heterocycles. The van der Waals surface area contributed by atoms with Crippen molar-refractivity contribution in [3.63, 3.8) is 0 Å². The molecular formula is C26H29ClN4O2. The van der Waals surface area contributed by atoms with Gasteiger partial charge in [-0.3, -0.25) is 4.79 Å². The van der Waals surface area contributed by atoms with E-state index in [1.807, 2.05) is 67.3 Å². The van der Waals surface area contributed by atoms with Crippen LogP contribution in [0.4, 0.5) is 5.82 Å². The summed E-state index contributed by atoms with van der Waals surface area (Å²) < 4.78 is 5.20. The number of piperazine rings is 1. The van der Waals surface area contributed by atoms with Gasteiger partial charge in [-0.1, -0.05) is 35.9 Å². The predicted octanol–water partition coefficient (Wildman–Crippen LogP) is 4.24. The molecule has 0 N–H and O–H groups in total. The van der Waals surface area contributed by atoms with Gasteiger partial charge >= 0.3 is 0 Å². The van der Waals surface area contributed by atoms with Crippen LogP contribution in [-0.4, -0.2) is 54.1 Å². The SMILES string of the molecule is COc1ccc(CC(=O)N2CCN(c3nc(C)nc(C)c3Cc3ccc(Cl)cc3)CC2)cc1. The summed E-state index contributed by atoms with van der Waals surface area (Å²) in [6, 6.07) is 15.6. The highest BCUT2D eigenvalue weighted by atomic mass is 35.5. The average Bonchev–Trinajstić information content (AvgIpc) is 2.82. The molecule has 2 aromatic carbocycles. The Bertz CT molecular complexity index is 1110. The van der Waals surface area contributed by atoms with Crippen molar-refractivity contribution >= 4 is 23.3 Å². The van der Waals surface area contributed by atoms with Crippen LogP contribution in [0.2, 0.25) is 5.02 Å². The average molecular weight is 465 g/mol. The minimum Gasteiger partial charge on any atom is -0.497 e. The summed E-state index contributed by atoms with van der Waals surface area (Å²) in [7, 11) is 1.64. The summed E-state index contributed by atoms with van der Waals surface area (Å²) in [6.07, 6.45) is 1.15. The Morgan fingerprint density at radius 3 is 2.21 bits per heavy atom. The number of aryl methyl sites for hydroxylation is 2. The lowest BCUT2D eigenvalue weighted by atomic mass is 10.0. The number of anilines is 1. The minimum atomic E-state index is 0.149. The van der Waals surface area contributed by atoms with Gasteiger partial charge in [-0.15, -0.1) is 0 Å². The number of amides is 1. The Balaban J connectivity index is 1.44. The Hall–Kier alpha value is -3.12. The summed E-state index contributed by atoms with van der Waals surface area (Å²) in [5.74, 6) is 2.68. The van der Waals surface area contributed by atoms with E-state index in [1.165, 1.54) is 5.56 Å². The highest BCUT2D eigenvalue weighted by Gasteiger charge is 2.25. The van der Waals surface area contributed by atoms with E-state index in [0.29, 0.717) is 19.5 Å². The normalized spacial score (nSPS) is 13.8. The Morgan fingerprint density at radius 1 is 0.939 bits per heavy atom. The topological polar surface area (TPSA) is 58.6 Å². The van der Waals surface area contributed by atoms with Crippen LogP contribution in [0.25, 0.3) is 0 Å². The molecule has 7 heteroatoms. The van der Waals surface area contributed by atoms with Gasteiger partial charge in [0, 0.05) is 48.9 Å². The zero-order valence-electron chi connectivity index (χ0n) is 19.3. The molecule has 4 rings (SSSR count). The summed E-state index contributed by atoms with van der Waals surface area (Å²) in [5.41, 5.74) is 4.28. The van der Waals surface area contributed by atoms with Gasteiger partial charge in [0.1, 0.15) is 17.4 Å². The Labute approximate surface area is 200 Å². The Kier molecular flexibility index (Phi) is 7.14. The first-order valence-electron chi connectivity index (χ1n) is 11.2. The van der Waals surface area contributed by atoms with Gasteiger partial charge in [-0.25, -0.2) is 9.97 Å². The van der Waals surface area contributed by atoms with Gasteiger partial charge in [0.15, 0.2) is 0 Å². The first-order chi connectivity index (χ1) is 15.9. The fourth-order valence-electron chi connectivity index (χ4n) is 4.19. The van der Waals surface area contributed by atoms with Crippen LogP contribution in [0.15, 0.2) is 48.5 Å². The molecule has 0 bridgehead atoms. The van der Waals surface area contributed by atoms with Crippen LogP contribution in [0.3, 0.4) is 0 Å². The van der Waals surface area contributed by atoms with Crippen molar-refractivity contribution in [3.8, 4) is 5.75 Å². The summed E-state index contributed by atoms with van der Waals surface area (Å²) >= 11 is 6.05. The number of rotatable bonds is 6. The van der Waals surface area contributed by atoms with Crippen LogP contribution in [0, 0.1) is 13.8 Å². The van der Waals surface area contributed by atoms with Gasteiger partial charge in [-0.2, -0.15) is 0 Å². The number of ether oxygens (including phenoxy) is 1. The largest absolute Gasteiger partial charge is 0.497 e. The molecule has 0 aliphatic carbocycles. The maximum atomic E-state index is 12.8. The third-order valence-corrected chi connectivity index (χ3v) is 6.30. The van der Waals surface area contributed by atoms with Gasteiger partial charge < -0.3 is 14.5 Å². The molecule has 1 aliphatic rings. The molecule has 0 atom stereocenters. The van der Waals surface area contributed by atoms with E-state index in [2.05, 4.69) is 9.88 Å². The molecule has 0 radical (unpaired) electrons. The zero-order valence-corrected chi connectivity index (χ0v) is 20.1. The number of carbonyl (C=O) groups is 1. The molecule has 0 saturated carbocycles.